The minimum atomic E-state index is -0.700. The van der Waals surface area contributed by atoms with Crippen LogP contribution in [-0.4, -0.2) is 62.7 Å². The van der Waals surface area contributed by atoms with Crippen LogP contribution in [0.4, 0.5) is 0 Å². The lowest BCUT2D eigenvalue weighted by molar-refractivity contribution is 0.0572. The number of aromatic amines is 1. The number of Topliss-reactive ketones (excluding diaryl/α,β-unsaturated/α-hetero) is 1. The number of hydrogen-bond donors (Lipinski definition) is 3. The fourth-order valence-electron chi connectivity index (χ4n) is 5.17. The Morgan fingerprint density at radius 3 is 2.56 bits per heavy atom. The Labute approximate surface area is 219 Å². The third-order valence-electron chi connectivity index (χ3n) is 7.47. The molecule has 1 aliphatic carbocycles. The summed E-state index contributed by atoms with van der Waals surface area (Å²) in [7, 11) is 0. The number of hydrogen-bond acceptors (Lipinski definition) is 6. The highest BCUT2D eigenvalue weighted by molar-refractivity contribution is 5.95. The Bertz CT molecular complexity index is 1170. The van der Waals surface area contributed by atoms with E-state index < -0.39 is 12.2 Å². The van der Waals surface area contributed by atoms with Crippen molar-refractivity contribution in [3.05, 3.63) is 58.7 Å². The Morgan fingerprint density at radius 2 is 1.97 bits per heavy atom. The Hall–Kier alpha value is -2.50. The maximum absolute atomic E-state index is 13.0. The monoisotopic (exact) mass is 512 g/mol. The number of aromatic nitrogens is 2. The van der Waals surface area contributed by atoms with Gasteiger partial charge in [-0.05, 0) is 46.9 Å². The fourth-order valence-corrected chi connectivity index (χ4v) is 5.17. The van der Waals surface area contributed by atoms with Crippen molar-refractivity contribution < 1.29 is 15.0 Å². The highest BCUT2D eigenvalue weighted by atomic mass is 35.5. The van der Waals surface area contributed by atoms with Crippen LogP contribution in [0.5, 0.6) is 0 Å². The van der Waals surface area contributed by atoms with Crippen molar-refractivity contribution in [1.82, 2.24) is 14.9 Å². The number of ketones is 1. The highest BCUT2D eigenvalue weighted by Gasteiger charge is 2.34. The van der Waals surface area contributed by atoms with Crippen LogP contribution in [0.1, 0.15) is 80.0 Å². The maximum Gasteiger partial charge on any atom is 0.202 e. The molecule has 1 fully saturated rings. The van der Waals surface area contributed by atoms with Crippen molar-refractivity contribution in [1.29, 1.82) is 5.26 Å². The van der Waals surface area contributed by atoms with Gasteiger partial charge < -0.3 is 15.2 Å². The molecule has 0 amide bonds. The van der Waals surface area contributed by atoms with Crippen LogP contribution in [-0.2, 0) is 11.8 Å². The van der Waals surface area contributed by atoms with Crippen molar-refractivity contribution in [2.75, 3.05) is 19.6 Å². The molecule has 2 aromatic rings. The summed E-state index contributed by atoms with van der Waals surface area (Å²) in [6.07, 6.45) is 5.56. The first-order chi connectivity index (χ1) is 16.5. The molecule has 8 heteroatoms. The SMILES string of the molecule is CC1(C)CC=C(c2cc(C(C)(C)CN3C[C@@H](O)[C@@H](O)C3)ccc2CC(=O)c2ncc(C#N)[nH]2)CC1.Cl. The molecule has 194 valence electrons. The number of allylic oxidation sites excluding steroid dienone is 2. The van der Waals surface area contributed by atoms with Gasteiger partial charge in [-0.1, -0.05) is 52.0 Å². The smallest absolute Gasteiger partial charge is 0.202 e. The number of imidazole rings is 1. The Balaban J connectivity index is 0.00000361. The van der Waals surface area contributed by atoms with E-state index in [2.05, 4.69) is 60.8 Å². The number of nitrogens with one attached hydrogen (secondary N) is 1. The summed E-state index contributed by atoms with van der Waals surface area (Å²) in [4.78, 5) is 22.0. The molecule has 0 radical (unpaired) electrons. The van der Waals surface area contributed by atoms with Crippen LogP contribution in [0.3, 0.4) is 0 Å². The molecule has 4 rings (SSSR count). The van der Waals surface area contributed by atoms with Gasteiger partial charge in [-0.15, -0.1) is 12.4 Å². The molecule has 0 saturated carbocycles. The van der Waals surface area contributed by atoms with E-state index >= 15 is 0 Å². The predicted octanol–water partition coefficient (Wildman–Crippen LogP) is 4.04. The van der Waals surface area contributed by atoms with Gasteiger partial charge in [0.2, 0.25) is 5.78 Å². The maximum atomic E-state index is 13.0. The highest BCUT2D eigenvalue weighted by Crippen LogP contribution is 2.40. The summed E-state index contributed by atoms with van der Waals surface area (Å²) in [5.41, 5.74) is 4.84. The zero-order valence-electron chi connectivity index (χ0n) is 21.5. The van der Waals surface area contributed by atoms with E-state index in [1.165, 1.54) is 11.8 Å². The molecule has 2 aliphatic rings. The van der Waals surface area contributed by atoms with Gasteiger partial charge in [-0.25, -0.2) is 4.98 Å². The molecule has 0 bridgehead atoms. The van der Waals surface area contributed by atoms with Crippen LogP contribution in [0.2, 0.25) is 0 Å². The Kier molecular flexibility index (Phi) is 8.47. The molecule has 3 N–H and O–H groups in total. The van der Waals surface area contributed by atoms with E-state index in [1.807, 2.05) is 12.1 Å². The Morgan fingerprint density at radius 1 is 1.28 bits per heavy atom. The van der Waals surface area contributed by atoms with Crippen LogP contribution in [0.25, 0.3) is 5.57 Å². The lowest BCUT2D eigenvalue weighted by atomic mass is 9.75. The third kappa shape index (κ3) is 6.24. The summed E-state index contributed by atoms with van der Waals surface area (Å²) >= 11 is 0. The number of carbonyl (C=O) groups is 1. The first-order valence-electron chi connectivity index (χ1n) is 12.4. The first kappa shape index (κ1) is 28.1. The average Bonchev–Trinajstić information content (AvgIpc) is 3.40. The van der Waals surface area contributed by atoms with Gasteiger partial charge in [0.25, 0.3) is 0 Å². The lowest BCUT2D eigenvalue weighted by Crippen LogP contribution is -2.36. The van der Waals surface area contributed by atoms with E-state index in [-0.39, 0.29) is 47.0 Å². The van der Waals surface area contributed by atoms with E-state index in [0.717, 1.165) is 36.0 Å². The molecule has 1 aliphatic heterocycles. The molecular weight excluding hydrogens is 476 g/mol. The van der Waals surface area contributed by atoms with Crippen molar-refractivity contribution in [2.24, 2.45) is 5.41 Å². The molecule has 2 atom stereocenters. The molecule has 7 nitrogen and oxygen atoms in total. The zero-order chi connectivity index (χ0) is 25.4. The predicted molar refractivity (Wildman–Crippen MR) is 142 cm³/mol. The largest absolute Gasteiger partial charge is 0.389 e. The summed E-state index contributed by atoms with van der Waals surface area (Å²) in [6, 6.07) is 8.34. The van der Waals surface area contributed by atoms with Crippen molar-refractivity contribution in [3.8, 4) is 6.07 Å². The van der Waals surface area contributed by atoms with Gasteiger partial charge in [-0.3, -0.25) is 9.69 Å². The average molecular weight is 513 g/mol. The zero-order valence-corrected chi connectivity index (χ0v) is 22.4. The number of aliphatic hydroxyl groups is 2. The number of carbonyl (C=O) groups excluding carboxylic acids is 1. The summed E-state index contributed by atoms with van der Waals surface area (Å²) < 4.78 is 0. The fraction of sp³-hybridized carbons (Fsp3) is 0.536. The number of likely N-dealkylation sites (tertiary alicyclic amines) is 1. The van der Waals surface area contributed by atoms with Crippen molar-refractivity contribution >= 4 is 23.8 Å². The standard InChI is InChI=1S/C28H36N4O3.ClH/c1-27(2)9-7-18(8-10-27)22-12-20(28(3,4)17-32-15-24(34)25(35)16-32)6-5-19(22)11-23(33)26-30-14-21(13-29)31-26;/h5-7,12,14,24-25,34-35H,8-11,15-17H2,1-4H3,(H,30,31);1H/t24-,25+;. The number of nitriles is 1. The minimum Gasteiger partial charge on any atom is -0.389 e. The van der Waals surface area contributed by atoms with Gasteiger partial charge in [0, 0.05) is 31.5 Å². The third-order valence-corrected chi connectivity index (χ3v) is 7.47. The second kappa shape index (κ2) is 10.9. The topological polar surface area (TPSA) is 113 Å². The molecule has 0 spiro atoms. The molecular formula is C28H37ClN4O3. The van der Waals surface area contributed by atoms with Gasteiger partial charge in [-0.2, -0.15) is 5.26 Å². The number of aliphatic hydroxyl groups excluding tert-OH is 2. The number of benzene rings is 1. The van der Waals surface area contributed by atoms with Crippen LogP contribution < -0.4 is 0 Å². The van der Waals surface area contributed by atoms with Gasteiger partial charge in [0.15, 0.2) is 5.82 Å². The molecule has 1 aromatic heterocycles. The quantitative estimate of drug-likeness (QED) is 0.482. The minimum absolute atomic E-state index is 0. The summed E-state index contributed by atoms with van der Waals surface area (Å²) in [6.45, 7) is 10.6. The number of H-pyrrole nitrogens is 1. The van der Waals surface area contributed by atoms with Crippen molar-refractivity contribution in [3.63, 3.8) is 0 Å². The molecule has 1 saturated heterocycles. The van der Waals surface area contributed by atoms with E-state index in [9.17, 15) is 15.0 Å². The number of nitrogens with zero attached hydrogens (tertiary/aromatic N) is 3. The van der Waals surface area contributed by atoms with E-state index in [0.29, 0.717) is 19.6 Å². The van der Waals surface area contributed by atoms with Crippen molar-refractivity contribution in [2.45, 2.75) is 71.0 Å². The van der Waals surface area contributed by atoms with Crippen LogP contribution in [0, 0.1) is 16.7 Å². The van der Waals surface area contributed by atoms with Gasteiger partial charge in [0.05, 0.1) is 18.4 Å². The number of halogens is 1. The van der Waals surface area contributed by atoms with Gasteiger partial charge in [0.1, 0.15) is 11.8 Å². The van der Waals surface area contributed by atoms with Gasteiger partial charge >= 0.3 is 0 Å². The van der Waals surface area contributed by atoms with Crippen LogP contribution in [0.15, 0.2) is 30.5 Å². The molecule has 0 unspecified atom stereocenters. The second-order valence-corrected chi connectivity index (χ2v) is 11.5. The normalized spacial score (nSPS) is 22.0. The van der Waals surface area contributed by atoms with E-state index in [4.69, 9.17) is 5.26 Å². The number of rotatable bonds is 7. The summed E-state index contributed by atoms with van der Waals surface area (Å²) in [5, 5.41) is 29.0. The summed E-state index contributed by atoms with van der Waals surface area (Å²) in [5.74, 6) is 0.0679. The van der Waals surface area contributed by atoms with Crippen LogP contribution >= 0.6 is 12.4 Å². The first-order valence-corrected chi connectivity index (χ1v) is 12.4. The molecule has 2 heterocycles. The lowest BCUT2D eigenvalue weighted by Gasteiger charge is -2.33. The second-order valence-electron chi connectivity index (χ2n) is 11.5. The molecule has 1 aromatic carbocycles. The molecule has 36 heavy (non-hydrogen) atoms. The van der Waals surface area contributed by atoms with E-state index in [1.54, 1.807) is 0 Å². The number of β-amino-alcohol motifs (C(OH)–C–C–N with tert-alkyl or cyclic N) is 2.